The number of hydrogen-bond donors (Lipinski definition) is 0. The summed E-state index contributed by atoms with van der Waals surface area (Å²) >= 11 is 0. The molecule has 0 spiro atoms. The van der Waals surface area contributed by atoms with E-state index >= 15 is 0 Å². The molecule has 2 heterocycles. The Morgan fingerprint density at radius 1 is 1.43 bits per heavy atom. The van der Waals surface area contributed by atoms with Crippen LogP contribution in [0.1, 0.15) is 18.9 Å². The van der Waals surface area contributed by atoms with Crippen molar-refractivity contribution >= 4 is 15.8 Å². The Kier molecular flexibility index (Phi) is 5.55. The van der Waals surface area contributed by atoms with Crippen molar-refractivity contribution in [1.82, 2.24) is 4.98 Å². The lowest BCUT2D eigenvalue weighted by Crippen LogP contribution is -2.36. The van der Waals surface area contributed by atoms with E-state index in [1.807, 2.05) is 19.1 Å². The molecule has 1 aromatic rings. The predicted octanol–water partition coefficient (Wildman–Crippen LogP) is 1.22. The van der Waals surface area contributed by atoms with E-state index in [1.54, 1.807) is 6.20 Å². The zero-order valence-electron chi connectivity index (χ0n) is 12.5. The smallest absolute Gasteiger partial charge is 0.233 e. The minimum Gasteiger partial charge on any atom is -0.376 e. The molecule has 1 fully saturated rings. The van der Waals surface area contributed by atoms with Gasteiger partial charge in [-0.25, -0.2) is 13.4 Å². The molecular weight excluding hydrogens is 292 g/mol. The highest BCUT2D eigenvalue weighted by atomic mass is 32.2. The van der Waals surface area contributed by atoms with Crippen LogP contribution in [0.25, 0.3) is 0 Å². The molecule has 0 amide bonds. The molecule has 1 aliphatic rings. The second-order valence-electron chi connectivity index (χ2n) is 5.07. The zero-order valence-corrected chi connectivity index (χ0v) is 13.3. The lowest BCUT2D eigenvalue weighted by Gasteiger charge is -2.27. The van der Waals surface area contributed by atoms with Gasteiger partial charge in [0.1, 0.15) is 5.82 Å². The third kappa shape index (κ3) is 4.66. The summed E-state index contributed by atoms with van der Waals surface area (Å²) in [6, 6.07) is 3.71. The molecule has 0 bridgehead atoms. The van der Waals surface area contributed by atoms with Crippen molar-refractivity contribution in [3.05, 3.63) is 23.9 Å². The van der Waals surface area contributed by atoms with Gasteiger partial charge in [-0.3, -0.25) is 4.31 Å². The number of rotatable bonds is 6. The molecule has 1 saturated heterocycles. The Morgan fingerprint density at radius 2 is 2.24 bits per heavy atom. The summed E-state index contributed by atoms with van der Waals surface area (Å²) in [4.78, 5) is 4.19. The summed E-state index contributed by atoms with van der Waals surface area (Å²) in [5.41, 5.74) is 1.06. The zero-order chi connectivity index (χ0) is 15.3. The van der Waals surface area contributed by atoms with Crippen molar-refractivity contribution in [2.24, 2.45) is 0 Å². The first-order valence-corrected chi connectivity index (χ1v) is 8.97. The van der Waals surface area contributed by atoms with Crippen LogP contribution < -0.4 is 4.31 Å². The van der Waals surface area contributed by atoms with Crippen LogP contribution >= 0.6 is 0 Å². The minimum atomic E-state index is -3.37. The van der Waals surface area contributed by atoms with E-state index in [2.05, 4.69) is 4.98 Å². The number of sulfonamides is 1. The Labute approximate surface area is 126 Å². The number of anilines is 1. The summed E-state index contributed by atoms with van der Waals surface area (Å²) in [5, 5.41) is 0. The Hall–Kier alpha value is -1.18. The number of aromatic nitrogens is 1. The topological polar surface area (TPSA) is 68.7 Å². The van der Waals surface area contributed by atoms with Crippen molar-refractivity contribution in [2.45, 2.75) is 25.9 Å². The minimum absolute atomic E-state index is 0.0580. The fraction of sp³-hybridized carbons (Fsp3) is 0.643. The van der Waals surface area contributed by atoms with E-state index in [-0.39, 0.29) is 6.10 Å². The number of nitrogens with zero attached hydrogens (tertiary/aromatic N) is 2. The summed E-state index contributed by atoms with van der Waals surface area (Å²) < 4.78 is 36.3. The first-order valence-electron chi connectivity index (χ1n) is 7.12. The fourth-order valence-corrected chi connectivity index (χ4v) is 3.11. The third-order valence-electron chi connectivity index (χ3n) is 3.41. The summed E-state index contributed by atoms with van der Waals surface area (Å²) in [6.45, 7) is 4.05. The molecular formula is C14H22N2O4S. The number of aryl methyl sites for hydroxylation is 1. The van der Waals surface area contributed by atoms with Gasteiger partial charge < -0.3 is 9.47 Å². The molecule has 1 aliphatic heterocycles. The first-order chi connectivity index (χ1) is 10.0. The van der Waals surface area contributed by atoms with Gasteiger partial charge in [-0.15, -0.1) is 0 Å². The highest BCUT2D eigenvalue weighted by molar-refractivity contribution is 7.92. The standard InChI is InChI=1S/C14H22N2O4S/c1-3-12-4-6-15-14(10-12)16(21(2,17)18)7-5-13-11-19-8-9-20-13/h4,6,10,13H,3,5,7-9,11H2,1-2H3. The van der Waals surface area contributed by atoms with Crippen LogP contribution in [0.5, 0.6) is 0 Å². The molecule has 1 aromatic heterocycles. The number of hydrogen-bond acceptors (Lipinski definition) is 5. The molecule has 0 radical (unpaired) electrons. The van der Waals surface area contributed by atoms with Crippen LogP contribution in [0.3, 0.4) is 0 Å². The lowest BCUT2D eigenvalue weighted by atomic mass is 10.2. The third-order valence-corrected chi connectivity index (χ3v) is 4.58. The van der Waals surface area contributed by atoms with Crippen LogP contribution in [0.4, 0.5) is 5.82 Å². The molecule has 0 aromatic carbocycles. The molecule has 1 unspecified atom stereocenters. The molecule has 2 rings (SSSR count). The average molecular weight is 314 g/mol. The van der Waals surface area contributed by atoms with Gasteiger partial charge in [0.25, 0.3) is 0 Å². The molecule has 0 N–H and O–H groups in total. The van der Waals surface area contributed by atoms with Crippen LogP contribution in [0.2, 0.25) is 0 Å². The highest BCUT2D eigenvalue weighted by Crippen LogP contribution is 2.18. The normalized spacial score (nSPS) is 19.4. The van der Waals surface area contributed by atoms with Gasteiger partial charge >= 0.3 is 0 Å². The van der Waals surface area contributed by atoms with Crippen LogP contribution in [-0.2, 0) is 25.9 Å². The second kappa shape index (κ2) is 7.20. The van der Waals surface area contributed by atoms with Crippen LogP contribution in [0.15, 0.2) is 18.3 Å². The maximum Gasteiger partial charge on any atom is 0.233 e. The van der Waals surface area contributed by atoms with Crippen molar-refractivity contribution in [3.63, 3.8) is 0 Å². The number of ether oxygens (including phenoxy) is 2. The van der Waals surface area contributed by atoms with Gasteiger partial charge in [-0.05, 0) is 30.5 Å². The van der Waals surface area contributed by atoms with E-state index in [9.17, 15) is 8.42 Å². The van der Waals surface area contributed by atoms with Crippen LogP contribution in [-0.4, -0.2) is 52.1 Å². The van der Waals surface area contributed by atoms with Crippen molar-refractivity contribution < 1.29 is 17.9 Å². The summed E-state index contributed by atoms with van der Waals surface area (Å²) in [7, 11) is -3.37. The van der Waals surface area contributed by atoms with Gasteiger partial charge in [-0.2, -0.15) is 0 Å². The van der Waals surface area contributed by atoms with E-state index in [1.165, 1.54) is 10.6 Å². The van der Waals surface area contributed by atoms with Crippen LogP contribution in [0, 0.1) is 0 Å². The van der Waals surface area contributed by atoms with Gasteiger partial charge in [0.05, 0.1) is 32.2 Å². The van der Waals surface area contributed by atoms with E-state index in [0.717, 1.165) is 12.0 Å². The summed E-state index contributed by atoms with van der Waals surface area (Å²) in [6.07, 6.45) is 4.22. The number of pyridine rings is 1. The van der Waals surface area contributed by atoms with E-state index < -0.39 is 10.0 Å². The summed E-state index contributed by atoms with van der Waals surface area (Å²) in [5.74, 6) is 0.466. The maximum absolute atomic E-state index is 12.0. The van der Waals surface area contributed by atoms with Crippen molar-refractivity contribution in [3.8, 4) is 0 Å². The second-order valence-corrected chi connectivity index (χ2v) is 6.97. The monoisotopic (exact) mass is 314 g/mol. The van der Waals surface area contributed by atoms with Gasteiger partial charge in [0.2, 0.25) is 10.0 Å². The van der Waals surface area contributed by atoms with Gasteiger partial charge in [0, 0.05) is 12.7 Å². The Morgan fingerprint density at radius 3 is 2.86 bits per heavy atom. The van der Waals surface area contributed by atoms with E-state index in [4.69, 9.17) is 9.47 Å². The van der Waals surface area contributed by atoms with E-state index in [0.29, 0.717) is 38.6 Å². The average Bonchev–Trinajstić information content (AvgIpc) is 2.47. The molecule has 0 saturated carbocycles. The highest BCUT2D eigenvalue weighted by Gasteiger charge is 2.22. The Bertz CT molecular complexity index is 556. The Balaban J connectivity index is 2.10. The lowest BCUT2D eigenvalue weighted by molar-refractivity contribution is -0.0894. The maximum atomic E-state index is 12.0. The molecule has 118 valence electrons. The van der Waals surface area contributed by atoms with Gasteiger partial charge in [0.15, 0.2) is 0 Å². The quantitative estimate of drug-likeness (QED) is 0.789. The SMILES string of the molecule is CCc1ccnc(N(CCC2COCCO2)S(C)(=O)=O)c1. The van der Waals surface area contributed by atoms with Crippen molar-refractivity contribution in [1.29, 1.82) is 0 Å². The molecule has 6 nitrogen and oxygen atoms in total. The predicted molar refractivity (Wildman–Crippen MR) is 81.0 cm³/mol. The van der Waals surface area contributed by atoms with Crippen molar-refractivity contribution in [2.75, 3.05) is 36.9 Å². The van der Waals surface area contributed by atoms with Gasteiger partial charge in [-0.1, -0.05) is 6.92 Å². The first kappa shape index (κ1) is 16.2. The molecule has 7 heteroatoms. The molecule has 0 aliphatic carbocycles. The molecule has 1 atom stereocenters. The molecule has 21 heavy (non-hydrogen) atoms. The largest absolute Gasteiger partial charge is 0.376 e. The fourth-order valence-electron chi connectivity index (χ4n) is 2.23.